The van der Waals surface area contributed by atoms with Gasteiger partial charge in [-0.3, -0.25) is 24.1 Å². The summed E-state index contributed by atoms with van der Waals surface area (Å²) in [6, 6.07) is 5.62. The van der Waals surface area contributed by atoms with Crippen molar-refractivity contribution in [1.82, 2.24) is 4.90 Å². The Morgan fingerprint density at radius 3 is 2.33 bits per heavy atom. The molecule has 1 aromatic rings. The molecule has 0 aromatic heterocycles. The van der Waals surface area contributed by atoms with Gasteiger partial charge in [0.1, 0.15) is 11.7 Å². The average Bonchev–Trinajstić information content (AvgIpc) is 2.72. The van der Waals surface area contributed by atoms with Crippen molar-refractivity contribution >= 4 is 23.6 Å². The van der Waals surface area contributed by atoms with Gasteiger partial charge < -0.3 is 4.74 Å². The van der Waals surface area contributed by atoms with Crippen molar-refractivity contribution in [2.45, 2.75) is 19.9 Å². The van der Waals surface area contributed by atoms with E-state index in [4.69, 9.17) is 0 Å². The highest BCUT2D eigenvalue weighted by molar-refractivity contribution is 6.10. The third-order valence-electron chi connectivity index (χ3n) is 3.55. The van der Waals surface area contributed by atoms with Gasteiger partial charge in [-0.15, -0.1) is 0 Å². The van der Waals surface area contributed by atoms with Crippen molar-refractivity contribution in [3.05, 3.63) is 35.4 Å². The molecule has 0 saturated heterocycles. The van der Waals surface area contributed by atoms with E-state index in [9.17, 15) is 19.2 Å². The lowest BCUT2D eigenvalue weighted by Gasteiger charge is -2.27. The molecule has 0 aliphatic carbocycles. The first kappa shape index (κ1) is 14.9. The molecule has 6 heteroatoms. The number of esters is 1. The number of rotatable bonds is 3. The Labute approximate surface area is 121 Å². The molecular weight excluding hydrogens is 274 g/mol. The van der Waals surface area contributed by atoms with E-state index >= 15 is 0 Å². The number of nitrogens with zero attached hydrogens (tertiary/aromatic N) is 1. The molecule has 2 amide bonds. The van der Waals surface area contributed by atoms with E-state index in [1.165, 1.54) is 21.0 Å². The van der Waals surface area contributed by atoms with E-state index in [0.29, 0.717) is 11.1 Å². The van der Waals surface area contributed by atoms with Crippen LogP contribution in [-0.2, 0) is 19.1 Å². The van der Waals surface area contributed by atoms with E-state index in [0.717, 1.165) is 4.90 Å². The number of imide groups is 1. The smallest absolute Gasteiger partial charge is 0.318 e. The number of hydrogen-bond acceptors (Lipinski definition) is 5. The second-order valence-electron chi connectivity index (χ2n) is 4.84. The summed E-state index contributed by atoms with van der Waals surface area (Å²) in [4.78, 5) is 48.9. The zero-order chi connectivity index (χ0) is 15.7. The van der Waals surface area contributed by atoms with Crippen LogP contribution in [0.3, 0.4) is 0 Å². The summed E-state index contributed by atoms with van der Waals surface area (Å²) in [6.45, 7) is 2.47. The van der Waals surface area contributed by atoms with E-state index in [1.54, 1.807) is 24.3 Å². The predicted molar refractivity (Wildman–Crippen MR) is 72.2 cm³/mol. The number of benzene rings is 1. The minimum Gasteiger partial charge on any atom is -0.468 e. The minimum absolute atomic E-state index is 0.327. The average molecular weight is 289 g/mol. The Balaban J connectivity index is 2.62. The molecule has 1 aromatic carbocycles. The van der Waals surface area contributed by atoms with Gasteiger partial charge in [-0.05, 0) is 18.6 Å². The van der Waals surface area contributed by atoms with Gasteiger partial charge in [0.15, 0.2) is 0 Å². The van der Waals surface area contributed by atoms with Crippen LogP contribution in [0.2, 0.25) is 0 Å². The topological polar surface area (TPSA) is 80.8 Å². The third-order valence-corrected chi connectivity index (χ3v) is 3.55. The van der Waals surface area contributed by atoms with Crippen LogP contribution in [0.5, 0.6) is 0 Å². The molecule has 0 N–H and O–H groups in total. The molecule has 1 heterocycles. The first-order valence-electron chi connectivity index (χ1n) is 6.41. The lowest BCUT2D eigenvalue weighted by Crippen LogP contribution is -2.41. The summed E-state index contributed by atoms with van der Waals surface area (Å²) in [7, 11) is 1.17. The number of hydrogen-bond donors (Lipinski definition) is 0. The van der Waals surface area contributed by atoms with Crippen molar-refractivity contribution < 1.29 is 23.9 Å². The maximum atomic E-state index is 12.3. The third kappa shape index (κ3) is 2.33. The standard InChI is InChI=1S/C15H15NO5/c1-8(17)12(15(20)21-3)13-10-6-4-5-7-11(10)14(19)16(13)9(2)18/h4-7,12-13H,1-3H3/t12-,13-/m1/s1. The molecule has 21 heavy (non-hydrogen) atoms. The van der Waals surface area contributed by atoms with Gasteiger partial charge in [0.2, 0.25) is 5.91 Å². The van der Waals surface area contributed by atoms with E-state index < -0.39 is 35.5 Å². The molecule has 0 saturated carbocycles. The Morgan fingerprint density at radius 2 is 1.81 bits per heavy atom. The van der Waals surface area contributed by atoms with Crippen LogP contribution < -0.4 is 0 Å². The van der Waals surface area contributed by atoms with Crippen molar-refractivity contribution in [2.75, 3.05) is 7.11 Å². The highest BCUT2D eigenvalue weighted by atomic mass is 16.5. The molecule has 2 rings (SSSR count). The SMILES string of the molecule is COC(=O)[C@H](C(C)=O)[C@H]1c2ccccc2C(=O)N1C(C)=O. The Bertz CT molecular complexity index is 637. The molecule has 0 fully saturated rings. The van der Waals surface area contributed by atoms with Crippen molar-refractivity contribution in [3.8, 4) is 0 Å². The van der Waals surface area contributed by atoms with E-state index in [2.05, 4.69) is 4.74 Å². The van der Waals surface area contributed by atoms with E-state index in [1.807, 2.05) is 0 Å². The zero-order valence-electron chi connectivity index (χ0n) is 12.0. The van der Waals surface area contributed by atoms with Crippen molar-refractivity contribution in [3.63, 3.8) is 0 Å². The number of fused-ring (bicyclic) bond motifs is 1. The molecule has 110 valence electrons. The Hall–Kier alpha value is -2.50. The summed E-state index contributed by atoms with van der Waals surface area (Å²) < 4.78 is 4.66. The van der Waals surface area contributed by atoms with Crippen molar-refractivity contribution in [2.24, 2.45) is 5.92 Å². The van der Waals surface area contributed by atoms with Crippen LogP contribution in [0.4, 0.5) is 0 Å². The lowest BCUT2D eigenvalue weighted by molar-refractivity contribution is -0.152. The molecule has 0 bridgehead atoms. The number of carbonyl (C=O) groups excluding carboxylic acids is 4. The second kappa shape index (κ2) is 5.47. The fourth-order valence-corrected chi connectivity index (χ4v) is 2.66. The first-order chi connectivity index (χ1) is 9.90. The maximum absolute atomic E-state index is 12.3. The van der Waals surface area contributed by atoms with Crippen LogP contribution in [0, 0.1) is 5.92 Å². The van der Waals surface area contributed by atoms with E-state index in [-0.39, 0.29) is 0 Å². The summed E-state index contributed by atoms with van der Waals surface area (Å²) >= 11 is 0. The number of ketones is 1. The summed E-state index contributed by atoms with van der Waals surface area (Å²) in [5.41, 5.74) is 0.816. The number of carbonyl (C=O) groups is 4. The van der Waals surface area contributed by atoms with Crippen LogP contribution in [0.1, 0.15) is 35.8 Å². The van der Waals surface area contributed by atoms with Crippen LogP contribution >= 0.6 is 0 Å². The molecule has 1 aliphatic heterocycles. The summed E-state index contributed by atoms with van der Waals surface area (Å²) in [5.74, 6) is -3.45. The summed E-state index contributed by atoms with van der Waals surface area (Å²) in [6.07, 6.45) is 0. The summed E-state index contributed by atoms with van der Waals surface area (Å²) in [5, 5.41) is 0. The number of ether oxygens (including phenoxy) is 1. The Morgan fingerprint density at radius 1 is 1.19 bits per heavy atom. The first-order valence-corrected chi connectivity index (χ1v) is 6.41. The van der Waals surface area contributed by atoms with Gasteiger partial charge in [-0.2, -0.15) is 0 Å². The monoisotopic (exact) mass is 289 g/mol. The van der Waals surface area contributed by atoms with Gasteiger partial charge in [0.25, 0.3) is 5.91 Å². The molecule has 1 aliphatic rings. The maximum Gasteiger partial charge on any atom is 0.318 e. The highest BCUT2D eigenvalue weighted by Crippen LogP contribution is 2.39. The second-order valence-corrected chi connectivity index (χ2v) is 4.84. The number of Topliss-reactive ketones (excluding diaryl/α,β-unsaturated/α-hetero) is 1. The lowest BCUT2D eigenvalue weighted by atomic mass is 9.89. The van der Waals surface area contributed by atoms with Gasteiger partial charge in [-0.25, -0.2) is 0 Å². The molecule has 0 radical (unpaired) electrons. The molecular formula is C15H15NO5. The van der Waals surface area contributed by atoms with Crippen LogP contribution in [0.15, 0.2) is 24.3 Å². The fraction of sp³-hybridized carbons (Fsp3) is 0.333. The Kier molecular flexibility index (Phi) is 3.88. The van der Waals surface area contributed by atoms with Crippen LogP contribution in [0.25, 0.3) is 0 Å². The fourth-order valence-electron chi connectivity index (χ4n) is 2.66. The predicted octanol–water partition coefficient (Wildman–Crippen LogP) is 1.11. The van der Waals surface area contributed by atoms with Crippen LogP contribution in [-0.4, -0.2) is 35.6 Å². The van der Waals surface area contributed by atoms with Gasteiger partial charge in [0.05, 0.1) is 13.2 Å². The minimum atomic E-state index is -1.22. The molecule has 6 nitrogen and oxygen atoms in total. The molecule has 0 unspecified atom stereocenters. The number of methoxy groups -OCH3 is 1. The van der Waals surface area contributed by atoms with Gasteiger partial charge in [0, 0.05) is 12.5 Å². The van der Waals surface area contributed by atoms with Gasteiger partial charge >= 0.3 is 5.97 Å². The zero-order valence-corrected chi connectivity index (χ0v) is 12.0. The quantitative estimate of drug-likeness (QED) is 0.615. The molecule has 0 spiro atoms. The normalized spacial score (nSPS) is 18.1. The largest absolute Gasteiger partial charge is 0.468 e. The molecule has 2 atom stereocenters. The number of amides is 2. The van der Waals surface area contributed by atoms with Crippen molar-refractivity contribution in [1.29, 1.82) is 0 Å². The van der Waals surface area contributed by atoms with Gasteiger partial charge in [-0.1, -0.05) is 18.2 Å². The highest BCUT2D eigenvalue weighted by Gasteiger charge is 2.48.